The standard InChI is InChI=1S/C23H23F4N5O5/c24-17-11-15(31-13-16(37-23(31)35)1-2-19(33)21(26)27)12-18(25)20(17)30-7-8-32(36-10-9-30)22(34)29-14-3-5-28-6-4-14/h3-6,11-12,16,21H,1-2,7-10,13H2,(H,28,29,34)/t16-/m0/s1. The minimum Gasteiger partial charge on any atom is -0.444 e. The fraction of sp³-hybridized carbons (Fsp3) is 0.391. The van der Waals surface area contributed by atoms with Crippen molar-refractivity contribution in [1.82, 2.24) is 10.0 Å². The summed E-state index contributed by atoms with van der Waals surface area (Å²) in [6, 6.07) is 4.56. The van der Waals surface area contributed by atoms with Crippen LogP contribution >= 0.6 is 0 Å². The number of pyridine rings is 1. The number of hydrogen-bond donors (Lipinski definition) is 1. The van der Waals surface area contributed by atoms with Gasteiger partial charge in [-0.25, -0.2) is 32.2 Å². The van der Waals surface area contributed by atoms with Crippen LogP contribution in [0.4, 0.5) is 44.2 Å². The van der Waals surface area contributed by atoms with E-state index in [1.807, 2.05) is 0 Å². The van der Waals surface area contributed by atoms with Crippen molar-refractivity contribution in [2.45, 2.75) is 25.4 Å². The summed E-state index contributed by atoms with van der Waals surface area (Å²) >= 11 is 0. The molecule has 2 aromatic rings. The smallest absolute Gasteiger partial charge is 0.414 e. The van der Waals surface area contributed by atoms with Crippen molar-refractivity contribution < 1.29 is 41.5 Å². The zero-order chi connectivity index (χ0) is 26.5. The minimum absolute atomic E-state index is 0.00895. The molecule has 1 aromatic heterocycles. The Bertz CT molecular complexity index is 1130. The molecule has 1 aromatic carbocycles. The van der Waals surface area contributed by atoms with Crippen molar-refractivity contribution >= 4 is 35.0 Å². The summed E-state index contributed by atoms with van der Waals surface area (Å²) < 4.78 is 60.0. The summed E-state index contributed by atoms with van der Waals surface area (Å²) in [5, 5.41) is 3.69. The average Bonchev–Trinajstić information content (AvgIpc) is 3.07. The Morgan fingerprint density at radius 1 is 1.11 bits per heavy atom. The van der Waals surface area contributed by atoms with Crippen molar-refractivity contribution in [3.05, 3.63) is 48.3 Å². The second-order valence-electron chi connectivity index (χ2n) is 8.27. The van der Waals surface area contributed by atoms with Gasteiger partial charge in [-0.1, -0.05) is 0 Å². The largest absolute Gasteiger partial charge is 0.444 e. The maximum absolute atomic E-state index is 15.1. The Kier molecular flexibility index (Phi) is 8.06. The monoisotopic (exact) mass is 525 g/mol. The topological polar surface area (TPSA) is 104 Å². The van der Waals surface area contributed by atoms with E-state index in [0.29, 0.717) is 5.69 Å². The first-order chi connectivity index (χ1) is 17.7. The number of hydroxylamine groups is 2. The van der Waals surface area contributed by atoms with E-state index in [1.165, 1.54) is 17.3 Å². The Morgan fingerprint density at radius 2 is 1.81 bits per heavy atom. The molecule has 0 saturated carbocycles. The van der Waals surface area contributed by atoms with Crippen molar-refractivity contribution in [1.29, 1.82) is 0 Å². The second-order valence-corrected chi connectivity index (χ2v) is 8.27. The summed E-state index contributed by atoms with van der Waals surface area (Å²) in [7, 11) is 0. The third-order valence-corrected chi connectivity index (χ3v) is 5.80. The van der Waals surface area contributed by atoms with Crippen LogP contribution in [-0.4, -0.2) is 73.3 Å². The van der Waals surface area contributed by atoms with Crippen LogP contribution in [0.1, 0.15) is 12.8 Å². The van der Waals surface area contributed by atoms with Gasteiger partial charge in [-0.2, -0.15) is 0 Å². The van der Waals surface area contributed by atoms with Gasteiger partial charge in [-0.3, -0.25) is 19.5 Å². The third kappa shape index (κ3) is 6.25. The van der Waals surface area contributed by atoms with Gasteiger partial charge in [0.05, 0.1) is 25.4 Å². The number of ether oxygens (including phenoxy) is 1. The van der Waals surface area contributed by atoms with E-state index in [0.717, 1.165) is 22.1 Å². The van der Waals surface area contributed by atoms with E-state index in [9.17, 15) is 23.2 Å². The lowest BCUT2D eigenvalue weighted by molar-refractivity contribution is -0.129. The van der Waals surface area contributed by atoms with Crippen LogP contribution < -0.4 is 15.1 Å². The van der Waals surface area contributed by atoms with E-state index >= 15 is 8.78 Å². The number of rotatable bonds is 7. The van der Waals surface area contributed by atoms with Crippen LogP contribution in [0.2, 0.25) is 0 Å². The lowest BCUT2D eigenvalue weighted by Crippen LogP contribution is -2.37. The number of aromatic nitrogens is 1. The number of Topliss-reactive ketones (excluding diaryl/α,β-unsaturated/α-hetero) is 1. The molecule has 198 valence electrons. The number of anilines is 3. The molecular formula is C23H23F4N5O5. The normalized spacial score (nSPS) is 18.1. The van der Waals surface area contributed by atoms with Gasteiger partial charge >= 0.3 is 12.1 Å². The number of urea groups is 1. The number of carbonyl (C=O) groups is 3. The van der Waals surface area contributed by atoms with Gasteiger partial charge in [0.25, 0.3) is 6.43 Å². The molecule has 3 amide bonds. The molecule has 14 heteroatoms. The van der Waals surface area contributed by atoms with Crippen molar-refractivity contribution in [3.63, 3.8) is 0 Å². The van der Waals surface area contributed by atoms with E-state index in [2.05, 4.69) is 10.3 Å². The molecule has 10 nitrogen and oxygen atoms in total. The van der Waals surface area contributed by atoms with Gasteiger partial charge < -0.3 is 15.0 Å². The second kappa shape index (κ2) is 11.4. The Morgan fingerprint density at radius 3 is 2.49 bits per heavy atom. The predicted molar refractivity (Wildman–Crippen MR) is 122 cm³/mol. The lowest BCUT2D eigenvalue weighted by Gasteiger charge is -2.24. The first-order valence-corrected chi connectivity index (χ1v) is 11.4. The molecule has 0 radical (unpaired) electrons. The van der Waals surface area contributed by atoms with Crippen LogP contribution in [0, 0.1) is 11.6 Å². The van der Waals surface area contributed by atoms with Gasteiger partial charge in [0.15, 0.2) is 17.4 Å². The van der Waals surface area contributed by atoms with Crippen LogP contribution in [0.25, 0.3) is 0 Å². The van der Waals surface area contributed by atoms with E-state index in [-0.39, 0.29) is 50.6 Å². The highest BCUT2D eigenvalue weighted by Gasteiger charge is 2.34. The number of ketones is 1. The van der Waals surface area contributed by atoms with E-state index < -0.39 is 48.5 Å². The highest BCUT2D eigenvalue weighted by atomic mass is 19.3. The Hall–Kier alpha value is -3.94. The summed E-state index contributed by atoms with van der Waals surface area (Å²) in [5.74, 6) is -3.17. The molecule has 2 aliphatic rings. The summed E-state index contributed by atoms with van der Waals surface area (Å²) in [6.07, 6.45) is -2.49. The van der Waals surface area contributed by atoms with Crippen LogP contribution in [0.15, 0.2) is 36.7 Å². The van der Waals surface area contributed by atoms with Crippen molar-refractivity contribution in [2.75, 3.05) is 47.9 Å². The van der Waals surface area contributed by atoms with Gasteiger partial charge in [0.2, 0.25) is 0 Å². The van der Waals surface area contributed by atoms with Crippen LogP contribution in [0.5, 0.6) is 0 Å². The maximum Gasteiger partial charge on any atom is 0.414 e. The van der Waals surface area contributed by atoms with Gasteiger partial charge in [0, 0.05) is 49.7 Å². The fourth-order valence-electron chi connectivity index (χ4n) is 3.96. The molecule has 2 saturated heterocycles. The molecule has 2 aliphatic heterocycles. The Labute approximate surface area is 208 Å². The number of amides is 3. The number of carbonyl (C=O) groups excluding carboxylic acids is 3. The summed E-state index contributed by atoms with van der Waals surface area (Å²) in [5.41, 5.74) is 0.0342. The van der Waals surface area contributed by atoms with Crippen LogP contribution in [0.3, 0.4) is 0 Å². The molecule has 2 fully saturated rings. The molecule has 0 aliphatic carbocycles. The number of halogens is 4. The third-order valence-electron chi connectivity index (χ3n) is 5.80. The molecule has 1 atom stereocenters. The Balaban J connectivity index is 1.39. The molecule has 1 N–H and O–H groups in total. The number of cyclic esters (lactones) is 1. The molecule has 0 unspecified atom stereocenters. The quantitative estimate of drug-likeness (QED) is 0.551. The van der Waals surface area contributed by atoms with Gasteiger partial charge in [0.1, 0.15) is 11.8 Å². The number of hydrogen-bond acceptors (Lipinski definition) is 7. The zero-order valence-electron chi connectivity index (χ0n) is 19.4. The fourth-order valence-corrected chi connectivity index (χ4v) is 3.96. The molecule has 37 heavy (non-hydrogen) atoms. The number of nitrogens with zero attached hydrogens (tertiary/aromatic N) is 4. The zero-order valence-corrected chi connectivity index (χ0v) is 19.4. The number of nitrogens with one attached hydrogen (secondary N) is 1. The summed E-state index contributed by atoms with van der Waals surface area (Å²) in [4.78, 5) is 47.4. The lowest BCUT2D eigenvalue weighted by atomic mass is 10.1. The minimum atomic E-state index is -3.11. The average molecular weight is 525 g/mol. The first kappa shape index (κ1) is 26.1. The predicted octanol–water partition coefficient (Wildman–Crippen LogP) is 3.59. The highest BCUT2D eigenvalue weighted by molar-refractivity contribution is 5.90. The van der Waals surface area contributed by atoms with Crippen molar-refractivity contribution in [3.8, 4) is 0 Å². The highest BCUT2D eigenvalue weighted by Crippen LogP contribution is 2.32. The van der Waals surface area contributed by atoms with E-state index in [1.54, 1.807) is 12.1 Å². The molecule has 0 bridgehead atoms. The molecule has 0 spiro atoms. The van der Waals surface area contributed by atoms with E-state index in [4.69, 9.17) is 9.57 Å². The van der Waals surface area contributed by atoms with Crippen LogP contribution in [-0.2, 0) is 14.4 Å². The summed E-state index contributed by atoms with van der Waals surface area (Å²) in [6.45, 7) is -0.0231. The molecular weight excluding hydrogens is 502 g/mol. The van der Waals surface area contributed by atoms with Gasteiger partial charge in [-0.15, -0.1) is 0 Å². The first-order valence-electron chi connectivity index (χ1n) is 11.4. The van der Waals surface area contributed by atoms with Gasteiger partial charge in [-0.05, 0) is 18.6 Å². The number of benzene rings is 1. The molecule has 3 heterocycles. The molecule has 4 rings (SSSR count). The maximum atomic E-state index is 15.1. The van der Waals surface area contributed by atoms with Crippen molar-refractivity contribution in [2.24, 2.45) is 0 Å². The number of alkyl halides is 2. The SMILES string of the molecule is O=C(CC[C@H]1CN(c2cc(F)c(N3CCON(C(=O)Nc4ccncc4)CC3)c(F)c2)C(=O)O1)C(F)F.